The van der Waals surface area contributed by atoms with Gasteiger partial charge in [0.25, 0.3) is 16.1 Å². The Balaban J connectivity index is 3.54. The summed E-state index contributed by atoms with van der Waals surface area (Å²) in [6.45, 7) is 0. The largest absolute Gasteiger partial charge is 0.431 e. The van der Waals surface area contributed by atoms with Crippen molar-refractivity contribution in [3.63, 3.8) is 0 Å². The van der Waals surface area contributed by atoms with E-state index in [9.17, 15) is 21.9 Å². The number of nitrogens with two attached hydrogens (primary N) is 1. The third kappa shape index (κ3) is 4.10. The van der Waals surface area contributed by atoms with Gasteiger partial charge in [-0.1, -0.05) is 0 Å². The molecule has 0 radical (unpaired) electrons. The zero-order chi connectivity index (χ0) is 16.4. The van der Waals surface area contributed by atoms with E-state index in [4.69, 9.17) is 21.0 Å². The van der Waals surface area contributed by atoms with Crippen molar-refractivity contribution in [1.29, 1.82) is 5.41 Å². The molecule has 1 rings (SSSR count). The fourth-order valence-corrected chi connectivity index (χ4v) is 2.63. The molecule has 0 heterocycles. The maximum Gasteiger partial charge on any atom is 0.323 e. The molecule has 13 heteroatoms. The summed E-state index contributed by atoms with van der Waals surface area (Å²) in [6, 6.07) is 0.889. The summed E-state index contributed by atoms with van der Waals surface area (Å²) in [5.41, 5.74) is 4.12. The number of rotatable bonds is 5. The summed E-state index contributed by atoms with van der Waals surface area (Å²) in [5, 5.41) is 24.6. The second kappa shape index (κ2) is 5.92. The van der Waals surface area contributed by atoms with Crippen molar-refractivity contribution in [3.8, 4) is 0 Å². The summed E-state index contributed by atoms with van der Waals surface area (Å²) in [6.07, 6.45) is -2.16. The van der Waals surface area contributed by atoms with Crippen molar-refractivity contribution in [2.24, 2.45) is 5.73 Å². The lowest BCUT2D eigenvalue weighted by Gasteiger charge is -2.15. The van der Waals surface area contributed by atoms with Crippen molar-refractivity contribution in [2.75, 3.05) is 0 Å². The summed E-state index contributed by atoms with van der Waals surface area (Å²) >= 11 is 0. The first-order valence-electron chi connectivity index (χ1n) is 4.87. The predicted molar refractivity (Wildman–Crippen MR) is 65.1 cm³/mol. The Morgan fingerprint density at radius 1 is 1.29 bits per heavy atom. The number of ether oxygens (including phenoxy) is 1. The van der Waals surface area contributed by atoms with Crippen molar-refractivity contribution in [1.82, 2.24) is 0 Å². The first-order chi connectivity index (χ1) is 9.49. The topological polar surface area (TPSA) is 197 Å². The van der Waals surface area contributed by atoms with E-state index in [1.807, 2.05) is 0 Å². The molecule has 11 nitrogen and oxygen atoms in total. The molecule has 118 valence electrons. The Bertz CT molecular complexity index is 756. The zero-order valence-corrected chi connectivity index (χ0v) is 11.6. The highest BCUT2D eigenvalue weighted by Gasteiger charge is 2.26. The number of hydrogen-bond acceptors (Lipinski definition) is 9. The van der Waals surface area contributed by atoms with Gasteiger partial charge < -0.3 is 15.6 Å². The lowest BCUT2D eigenvalue weighted by atomic mass is 10.2. The summed E-state index contributed by atoms with van der Waals surface area (Å²) in [5.74, 6) is 0. The number of aliphatic hydroxyl groups excluding tert-OH is 1. The number of benzene rings is 1. The van der Waals surface area contributed by atoms with Gasteiger partial charge >= 0.3 is 10.1 Å². The summed E-state index contributed by atoms with van der Waals surface area (Å²) < 4.78 is 61.4. The van der Waals surface area contributed by atoms with Crippen LogP contribution in [0.1, 0.15) is 11.9 Å². The van der Waals surface area contributed by atoms with Crippen molar-refractivity contribution in [2.45, 2.75) is 16.1 Å². The molecule has 6 N–H and O–H groups in total. The molecule has 0 aromatic heterocycles. The van der Waals surface area contributed by atoms with Crippen LogP contribution in [0.3, 0.4) is 0 Å². The minimum atomic E-state index is -4.83. The van der Waals surface area contributed by atoms with Crippen LogP contribution in [-0.2, 0) is 29.3 Å². The number of hydrogen-bond donors (Lipinski definition) is 5. The smallest absolute Gasteiger partial charge is 0.323 e. The first kappa shape index (κ1) is 17.3. The Morgan fingerprint density at radius 3 is 2.29 bits per heavy atom. The molecule has 1 atom stereocenters. The molecule has 0 bridgehead atoms. The highest BCUT2D eigenvalue weighted by Crippen LogP contribution is 2.27. The van der Waals surface area contributed by atoms with E-state index in [0.29, 0.717) is 18.2 Å². The first-order valence-corrected chi connectivity index (χ1v) is 7.72. The summed E-state index contributed by atoms with van der Waals surface area (Å²) in [7, 11) is -9.45. The highest BCUT2D eigenvalue weighted by atomic mass is 32.2. The van der Waals surface area contributed by atoms with Crippen LogP contribution >= 0.6 is 0 Å². The molecule has 0 fully saturated rings. The van der Waals surface area contributed by atoms with E-state index in [1.54, 1.807) is 0 Å². The fraction of sp³-hybridized carbons (Fsp3) is 0.125. The molecule has 1 aromatic carbocycles. The average Bonchev–Trinajstić information content (AvgIpc) is 2.36. The van der Waals surface area contributed by atoms with Gasteiger partial charge in [-0.05, 0) is 18.2 Å². The number of amidine groups is 1. The maximum absolute atomic E-state index is 11.3. The standard InChI is InChI=1S/C8H10N2O9S2/c9-8(10)18-7(11)5-3-4(21(16,17)19-12)1-2-6(5)20(13,14)15/h1-3,7,11-12H,(H3,9,10)(H,13,14,15). The van der Waals surface area contributed by atoms with E-state index in [-0.39, 0.29) is 0 Å². The van der Waals surface area contributed by atoms with Crippen LogP contribution in [0.4, 0.5) is 0 Å². The molecule has 1 unspecified atom stereocenters. The van der Waals surface area contributed by atoms with Gasteiger partial charge in [0.2, 0.25) is 6.29 Å². The number of aliphatic hydroxyl groups is 1. The van der Waals surface area contributed by atoms with Gasteiger partial charge in [-0.25, -0.2) is 5.26 Å². The predicted octanol–water partition coefficient (Wildman–Crippen LogP) is -0.987. The molecule has 0 aliphatic rings. The number of nitrogens with one attached hydrogen (secondary N) is 1. The van der Waals surface area contributed by atoms with Gasteiger partial charge in [-0.3, -0.25) is 9.96 Å². The van der Waals surface area contributed by atoms with Gasteiger partial charge in [0, 0.05) is 5.56 Å². The Kier molecular flexibility index (Phi) is 4.87. The normalized spacial score (nSPS) is 13.7. The zero-order valence-electron chi connectivity index (χ0n) is 9.99. The third-order valence-electron chi connectivity index (χ3n) is 2.15. The molecule has 0 aliphatic carbocycles. The fourth-order valence-electron chi connectivity index (χ4n) is 1.34. The Morgan fingerprint density at radius 2 is 1.86 bits per heavy atom. The molecule has 21 heavy (non-hydrogen) atoms. The maximum atomic E-state index is 11.3. The van der Waals surface area contributed by atoms with Crippen LogP contribution < -0.4 is 5.73 Å². The van der Waals surface area contributed by atoms with E-state index >= 15 is 0 Å². The van der Waals surface area contributed by atoms with Crippen LogP contribution in [0.25, 0.3) is 0 Å². The molecular weight excluding hydrogens is 332 g/mol. The summed E-state index contributed by atoms with van der Waals surface area (Å²) in [4.78, 5) is -1.62. The quantitative estimate of drug-likeness (QED) is 0.111. The lowest BCUT2D eigenvalue weighted by Crippen LogP contribution is -2.20. The second-order valence-corrected chi connectivity index (χ2v) is 6.46. The molecular formula is C8H10N2O9S2. The Hall–Kier alpha value is -1.77. The third-order valence-corrected chi connectivity index (χ3v) is 4.11. The van der Waals surface area contributed by atoms with Crippen LogP contribution in [0.2, 0.25) is 0 Å². The van der Waals surface area contributed by atoms with Crippen LogP contribution in [0.5, 0.6) is 0 Å². The van der Waals surface area contributed by atoms with Crippen molar-refractivity contribution >= 4 is 26.3 Å². The van der Waals surface area contributed by atoms with Crippen LogP contribution in [-0.4, -0.2) is 37.8 Å². The minimum Gasteiger partial charge on any atom is -0.431 e. The van der Waals surface area contributed by atoms with Crippen molar-refractivity contribution in [3.05, 3.63) is 23.8 Å². The molecule has 0 spiro atoms. The van der Waals surface area contributed by atoms with Gasteiger partial charge in [-0.2, -0.15) is 16.8 Å². The van der Waals surface area contributed by atoms with Gasteiger partial charge in [0.05, 0.1) is 4.90 Å². The van der Waals surface area contributed by atoms with E-state index < -0.39 is 47.9 Å². The monoisotopic (exact) mass is 342 g/mol. The van der Waals surface area contributed by atoms with Gasteiger partial charge in [-0.15, -0.1) is 4.33 Å². The van der Waals surface area contributed by atoms with E-state index in [0.717, 1.165) is 0 Å². The molecule has 0 aliphatic heterocycles. The van der Waals surface area contributed by atoms with E-state index in [1.165, 1.54) is 0 Å². The second-order valence-electron chi connectivity index (χ2n) is 3.54. The van der Waals surface area contributed by atoms with Crippen LogP contribution in [0, 0.1) is 5.41 Å². The van der Waals surface area contributed by atoms with Gasteiger partial charge in [0.15, 0.2) is 0 Å². The molecule has 1 aromatic rings. The molecule has 0 saturated carbocycles. The molecule has 0 saturated heterocycles. The Labute approximate surface area is 118 Å². The highest BCUT2D eigenvalue weighted by molar-refractivity contribution is 7.86. The average molecular weight is 342 g/mol. The van der Waals surface area contributed by atoms with Crippen LogP contribution in [0.15, 0.2) is 28.0 Å². The SMILES string of the molecule is N=C(N)OC(O)c1cc(S(=O)(=O)OO)ccc1S(=O)(=O)O. The minimum absolute atomic E-state index is 0.558. The van der Waals surface area contributed by atoms with E-state index in [2.05, 4.69) is 9.07 Å². The molecule has 0 amide bonds. The van der Waals surface area contributed by atoms with Gasteiger partial charge in [0.1, 0.15) is 4.90 Å². The van der Waals surface area contributed by atoms with Crippen molar-refractivity contribution < 1.29 is 40.8 Å². The lowest BCUT2D eigenvalue weighted by molar-refractivity contribution is -0.130.